The zero-order chi connectivity index (χ0) is 11.0. The molecule has 84 valence electrons. The summed E-state index contributed by atoms with van der Waals surface area (Å²) in [5.41, 5.74) is 5.75. The second-order valence-electron chi connectivity index (χ2n) is 4.15. The molecule has 0 spiro atoms. The normalized spacial score (nSPS) is 32.3. The molecule has 0 aliphatic carbocycles. The highest BCUT2D eigenvalue weighted by Gasteiger charge is 2.46. The van der Waals surface area contributed by atoms with Gasteiger partial charge in [-0.05, 0) is 19.3 Å². The number of fused-ring (bicyclic) bond motifs is 2. The van der Waals surface area contributed by atoms with Crippen molar-refractivity contribution in [3.8, 4) is 0 Å². The molecule has 3 atom stereocenters. The highest BCUT2D eigenvalue weighted by atomic mass is 16.5. The Bertz CT molecular complexity index is 270. The summed E-state index contributed by atoms with van der Waals surface area (Å²) < 4.78 is 5.29. The maximum absolute atomic E-state index is 11.8. The lowest BCUT2D eigenvalue weighted by Crippen LogP contribution is -2.54. The molecule has 2 bridgehead atoms. The number of morpholine rings is 1. The number of hydrogen-bond donors (Lipinski definition) is 1. The number of amides is 2. The number of imide groups is 1. The van der Waals surface area contributed by atoms with Crippen molar-refractivity contribution in [2.24, 2.45) is 5.73 Å². The summed E-state index contributed by atoms with van der Waals surface area (Å²) in [5.74, 6) is -0.421. The van der Waals surface area contributed by atoms with Crippen molar-refractivity contribution in [3.05, 3.63) is 0 Å². The molecule has 15 heavy (non-hydrogen) atoms. The van der Waals surface area contributed by atoms with Crippen LogP contribution in [0, 0.1) is 0 Å². The second-order valence-corrected chi connectivity index (χ2v) is 4.15. The van der Waals surface area contributed by atoms with Crippen LogP contribution in [0.3, 0.4) is 0 Å². The van der Waals surface area contributed by atoms with Gasteiger partial charge >= 0.3 is 0 Å². The van der Waals surface area contributed by atoms with E-state index < -0.39 is 12.2 Å². The molecule has 2 rings (SSSR count). The van der Waals surface area contributed by atoms with Crippen molar-refractivity contribution in [1.29, 1.82) is 0 Å². The molecule has 2 heterocycles. The maximum Gasteiger partial charge on any atom is 0.258 e. The van der Waals surface area contributed by atoms with E-state index in [1.165, 1.54) is 4.90 Å². The number of ether oxygens (including phenoxy) is 1. The van der Waals surface area contributed by atoms with Crippen LogP contribution in [0.1, 0.15) is 26.2 Å². The van der Waals surface area contributed by atoms with E-state index in [9.17, 15) is 9.59 Å². The fraction of sp³-hybridized carbons (Fsp3) is 0.800. The summed E-state index contributed by atoms with van der Waals surface area (Å²) in [5, 5.41) is 0. The van der Waals surface area contributed by atoms with E-state index in [1.807, 2.05) is 6.92 Å². The van der Waals surface area contributed by atoms with E-state index in [4.69, 9.17) is 10.5 Å². The van der Waals surface area contributed by atoms with Gasteiger partial charge in [-0.15, -0.1) is 0 Å². The average molecular weight is 212 g/mol. The van der Waals surface area contributed by atoms with E-state index in [0.29, 0.717) is 19.4 Å². The highest BCUT2D eigenvalue weighted by molar-refractivity contribution is 6.02. The summed E-state index contributed by atoms with van der Waals surface area (Å²) in [6.07, 6.45) is 1.27. The van der Waals surface area contributed by atoms with Crippen LogP contribution >= 0.6 is 0 Å². The SMILES string of the molecule is CCC(N)CN1C(=O)C2CCC(O2)C1=O. The molecule has 2 aliphatic rings. The third kappa shape index (κ3) is 1.77. The number of rotatable bonds is 3. The third-order valence-corrected chi connectivity index (χ3v) is 3.04. The quantitative estimate of drug-likeness (QED) is 0.648. The zero-order valence-corrected chi connectivity index (χ0v) is 8.81. The Morgan fingerprint density at radius 1 is 1.40 bits per heavy atom. The number of likely N-dealkylation sites (tertiary alicyclic amines) is 1. The predicted octanol–water partition coefficient (Wildman–Crippen LogP) is -0.360. The summed E-state index contributed by atoms with van der Waals surface area (Å²) in [7, 11) is 0. The van der Waals surface area contributed by atoms with E-state index in [0.717, 1.165) is 6.42 Å². The van der Waals surface area contributed by atoms with Gasteiger partial charge in [-0.1, -0.05) is 6.92 Å². The first-order valence-corrected chi connectivity index (χ1v) is 5.39. The molecular formula is C10H16N2O3. The first kappa shape index (κ1) is 10.6. The second kappa shape index (κ2) is 3.90. The van der Waals surface area contributed by atoms with Crippen molar-refractivity contribution in [3.63, 3.8) is 0 Å². The van der Waals surface area contributed by atoms with E-state index >= 15 is 0 Å². The summed E-state index contributed by atoms with van der Waals surface area (Å²) in [6.45, 7) is 2.26. The molecule has 3 unspecified atom stereocenters. The van der Waals surface area contributed by atoms with E-state index in [-0.39, 0.29) is 17.9 Å². The number of nitrogens with zero attached hydrogens (tertiary/aromatic N) is 1. The topological polar surface area (TPSA) is 72.6 Å². The summed E-state index contributed by atoms with van der Waals surface area (Å²) in [4.78, 5) is 24.8. The fourth-order valence-corrected chi connectivity index (χ4v) is 2.00. The molecule has 2 saturated heterocycles. The minimum Gasteiger partial charge on any atom is -0.355 e. The Morgan fingerprint density at radius 3 is 2.40 bits per heavy atom. The van der Waals surface area contributed by atoms with Gasteiger partial charge in [-0.25, -0.2) is 0 Å². The molecule has 0 saturated carbocycles. The first-order valence-electron chi connectivity index (χ1n) is 5.39. The van der Waals surface area contributed by atoms with Gasteiger partial charge in [0.15, 0.2) is 0 Å². The van der Waals surface area contributed by atoms with Crippen LogP contribution in [0.4, 0.5) is 0 Å². The molecule has 2 aliphatic heterocycles. The van der Waals surface area contributed by atoms with Crippen LogP contribution in [0.5, 0.6) is 0 Å². The Kier molecular flexibility index (Phi) is 2.75. The van der Waals surface area contributed by atoms with Crippen LogP contribution in [0.15, 0.2) is 0 Å². The van der Waals surface area contributed by atoms with Crippen LogP contribution in [0.2, 0.25) is 0 Å². The van der Waals surface area contributed by atoms with Crippen molar-refractivity contribution in [2.75, 3.05) is 6.54 Å². The molecule has 0 aromatic heterocycles. The molecule has 2 N–H and O–H groups in total. The summed E-state index contributed by atoms with van der Waals surface area (Å²) in [6, 6.07) is -0.129. The smallest absolute Gasteiger partial charge is 0.258 e. The predicted molar refractivity (Wildman–Crippen MR) is 52.9 cm³/mol. The number of nitrogens with two attached hydrogens (primary N) is 1. The van der Waals surface area contributed by atoms with Gasteiger partial charge in [0.25, 0.3) is 11.8 Å². The van der Waals surface area contributed by atoms with Crippen molar-refractivity contribution >= 4 is 11.8 Å². The molecule has 2 fully saturated rings. The minimum atomic E-state index is -0.406. The van der Waals surface area contributed by atoms with Gasteiger partial charge in [-0.2, -0.15) is 0 Å². The lowest BCUT2D eigenvalue weighted by molar-refractivity contribution is -0.168. The van der Waals surface area contributed by atoms with Gasteiger partial charge in [-0.3, -0.25) is 14.5 Å². The average Bonchev–Trinajstić information content (AvgIpc) is 2.68. The van der Waals surface area contributed by atoms with Gasteiger partial charge in [0, 0.05) is 12.6 Å². The fourth-order valence-electron chi connectivity index (χ4n) is 2.00. The molecule has 5 heteroatoms. The largest absolute Gasteiger partial charge is 0.355 e. The number of carbonyl (C=O) groups is 2. The van der Waals surface area contributed by atoms with Crippen LogP contribution < -0.4 is 5.73 Å². The Hall–Kier alpha value is -0.940. The van der Waals surface area contributed by atoms with Crippen LogP contribution in [-0.2, 0) is 14.3 Å². The van der Waals surface area contributed by atoms with Crippen molar-refractivity contribution in [2.45, 2.75) is 44.4 Å². The maximum atomic E-state index is 11.8. The monoisotopic (exact) mass is 212 g/mol. The van der Waals surface area contributed by atoms with Crippen LogP contribution in [0.25, 0.3) is 0 Å². The number of hydrogen-bond acceptors (Lipinski definition) is 4. The first-order chi connectivity index (χ1) is 7.13. The zero-order valence-electron chi connectivity index (χ0n) is 8.81. The van der Waals surface area contributed by atoms with Gasteiger partial charge in [0.2, 0.25) is 0 Å². The van der Waals surface area contributed by atoms with E-state index in [2.05, 4.69) is 0 Å². The van der Waals surface area contributed by atoms with Crippen molar-refractivity contribution in [1.82, 2.24) is 4.90 Å². The molecule has 0 aromatic carbocycles. The standard InChI is InChI=1S/C10H16N2O3/c1-2-6(11)5-12-9(13)7-3-4-8(15-7)10(12)14/h6-8H,2-5,11H2,1H3. The number of carbonyl (C=O) groups excluding carboxylic acids is 2. The minimum absolute atomic E-state index is 0.129. The molecule has 2 amide bonds. The lowest BCUT2D eigenvalue weighted by atomic mass is 10.2. The Morgan fingerprint density at radius 2 is 1.93 bits per heavy atom. The van der Waals surface area contributed by atoms with Gasteiger partial charge < -0.3 is 10.5 Å². The van der Waals surface area contributed by atoms with Gasteiger partial charge in [0.05, 0.1) is 0 Å². The molecule has 0 aromatic rings. The van der Waals surface area contributed by atoms with Crippen LogP contribution in [-0.4, -0.2) is 41.5 Å². The van der Waals surface area contributed by atoms with E-state index in [1.54, 1.807) is 0 Å². The summed E-state index contributed by atoms with van der Waals surface area (Å²) >= 11 is 0. The lowest BCUT2D eigenvalue weighted by Gasteiger charge is -2.31. The molecule has 5 nitrogen and oxygen atoms in total. The van der Waals surface area contributed by atoms with Crippen molar-refractivity contribution < 1.29 is 14.3 Å². The highest BCUT2D eigenvalue weighted by Crippen LogP contribution is 2.28. The molecular weight excluding hydrogens is 196 g/mol. The Balaban J connectivity index is 2.10. The third-order valence-electron chi connectivity index (χ3n) is 3.04. The molecule has 0 radical (unpaired) electrons. The Labute approximate surface area is 88.5 Å². The van der Waals surface area contributed by atoms with Gasteiger partial charge in [0.1, 0.15) is 12.2 Å².